The van der Waals surface area contributed by atoms with Crippen molar-refractivity contribution in [1.29, 1.82) is 0 Å². The molecule has 180 valence electrons. The van der Waals surface area contributed by atoms with Gasteiger partial charge in [0, 0.05) is 30.5 Å². The van der Waals surface area contributed by atoms with Gasteiger partial charge in [0.2, 0.25) is 11.9 Å². The fourth-order valence-corrected chi connectivity index (χ4v) is 3.38. The van der Waals surface area contributed by atoms with E-state index in [1.807, 2.05) is 0 Å². The Labute approximate surface area is 183 Å². The van der Waals surface area contributed by atoms with E-state index >= 15 is 0 Å². The van der Waals surface area contributed by atoms with Crippen molar-refractivity contribution in [2.24, 2.45) is 4.99 Å². The van der Waals surface area contributed by atoms with Gasteiger partial charge in [0.05, 0.1) is 17.2 Å². The fourth-order valence-electron chi connectivity index (χ4n) is 3.38. The highest BCUT2D eigenvalue weighted by atomic mass is 19.4. The molecule has 0 aliphatic heterocycles. The fraction of sp³-hybridized carbons (Fsp3) is 0.429. The molecule has 3 rings (SSSR count). The lowest BCUT2D eigenvalue weighted by Gasteiger charge is -2.26. The van der Waals surface area contributed by atoms with Crippen molar-refractivity contribution in [1.82, 2.24) is 10.6 Å². The second kappa shape index (κ2) is 9.14. The Morgan fingerprint density at radius 3 is 2.09 bits per heavy atom. The van der Waals surface area contributed by atoms with Crippen LogP contribution in [0.1, 0.15) is 48.0 Å². The topological polar surface area (TPSA) is 53.5 Å². The van der Waals surface area contributed by atoms with Crippen molar-refractivity contribution in [3.05, 3.63) is 58.8 Å². The Hall–Kier alpha value is -2.92. The minimum atomic E-state index is -4.59. The number of nitrogens with one attached hydrogen (secondary N) is 2. The highest BCUT2D eigenvalue weighted by Gasteiger charge is 2.36. The van der Waals surface area contributed by atoms with Crippen molar-refractivity contribution >= 4 is 11.9 Å². The van der Waals surface area contributed by atoms with Crippen LogP contribution < -0.4 is 10.6 Å². The molecule has 0 bridgehead atoms. The molecule has 0 atom stereocenters. The van der Waals surface area contributed by atoms with Crippen LogP contribution in [0.15, 0.2) is 52.7 Å². The van der Waals surface area contributed by atoms with Crippen LogP contribution in [0.2, 0.25) is 0 Å². The summed E-state index contributed by atoms with van der Waals surface area (Å²) in [5.74, 6) is -3.96. The summed E-state index contributed by atoms with van der Waals surface area (Å²) in [7, 11) is 0. The third-order valence-corrected chi connectivity index (χ3v) is 5.18. The lowest BCUT2D eigenvalue weighted by atomic mass is 9.93. The summed E-state index contributed by atoms with van der Waals surface area (Å²) in [5.41, 5.74) is -1.94. The van der Waals surface area contributed by atoms with E-state index in [-0.39, 0.29) is 36.5 Å². The van der Waals surface area contributed by atoms with Gasteiger partial charge >= 0.3 is 12.4 Å². The molecule has 0 unspecified atom stereocenters. The summed E-state index contributed by atoms with van der Waals surface area (Å²) in [6.45, 7) is 0. The quantitative estimate of drug-likeness (QED) is 0.329. The molecule has 1 amide bonds. The summed E-state index contributed by atoms with van der Waals surface area (Å²) < 4.78 is 104. The van der Waals surface area contributed by atoms with Crippen LogP contribution in [0.4, 0.5) is 35.1 Å². The molecule has 2 aliphatic rings. The normalized spacial score (nSPS) is 19.7. The Morgan fingerprint density at radius 2 is 1.58 bits per heavy atom. The SMILES string of the molecule is O=C(NC(=NC1CCC(F)(F)CC1)NC1=CC(C(F)(F)F)=CC1)c1ccc(C(F)(F)F)cc1. The van der Waals surface area contributed by atoms with Gasteiger partial charge in [-0.25, -0.2) is 13.8 Å². The average molecular weight is 481 g/mol. The highest BCUT2D eigenvalue weighted by Crippen LogP contribution is 2.35. The van der Waals surface area contributed by atoms with E-state index in [2.05, 4.69) is 15.6 Å². The molecule has 0 spiro atoms. The number of allylic oxidation sites excluding steroid dienone is 3. The largest absolute Gasteiger partial charge is 0.416 e. The minimum Gasteiger partial charge on any atom is -0.329 e. The molecular formula is C21H19F8N3O. The van der Waals surface area contributed by atoms with Crippen molar-refractivity contribution in [3.63, 3.8) is 0 Å². The first-order valence-corrected chi connectivity index (χ1v) is 9.92. The first-order chi connectivity index (χ1) is 15.2. The molecule has 1 aromatic carbocycles. The lowest BCUT2D eigenvalue weighted by molar-refractivity contribution is -0.137. The van der Waals surface area contributed by atoms with E-state index in [0.717, 1.165) is 24.3 Å². The van der Waals surface area contributed by atoms with Crippen LogP contribution in [0, 0.1) is 0 Å². The molecule has 4 nitrogen and oxygen atoms in total. The Kier molecular flexibility index (Phi) is 6.85. The van der Waals surface area contributed by atoms with Crippen molar-refractivity contribution in [2.75, 3.05) is 0 Å². The molecule has 1 aromatic rings. The number of amides is 1. The highest BCUT2D eigenvalue weighted by molar-refractivity contribution is 6.06. The number of carbonyl (C=O) groups excluding carboxylic acids is 1. The third kappa shape index (κ3) is 6.78. The predicted molar refractivity (Wildman–Crippen MR) is 104 cm³/mol. The molecule has 0 aromatic heterocycles. The van der Waals surface area contributed by atoms with E-state index in [9.17, 15) is 39.9 Å². The summed E-state index contributed by atoms with van der Waals surface area (Å²) in [4.78, 5) is 16.7. The Balaban J connectivity index is 1.77. The van der Waals surface area contributed by atoms with Gasteiger partial charge in [0.15, 0.2) is 0 Å². The average Bonchev–Trinajstić information content (AvgIpc) is 3.18. The van der Waals surface area contributed by atoms with E-state index in [0.29, 0.717) is 12.1 Å². The third-order valence-electron chi connectivity index (χ3n) is 5.18. The van der Waals surface area contributed by atoms with Crippen LogP contribution in [0.3, 0.4) is 0 Å². The number of hydrogen-bond donors (Lipinski definition) is 2. The van der Waals surface area contributed by atoms with Crippen molar-refractivity contribution in [3.8, 4) is 0 Å². The van der Waals surface area contributed by atoms with Crippen LogP contribution in [0.5, 0.6) is 0 Å². The number of alkyl halides is 8. The van der Waals surface area contributed by atoms with E-state index in [1.54, 1.807) is 0 Å². The van der Waals surface area contributed by atoms with Gasteiger partial charge in [-0.2, -0.15) is 26.3 Å². The molecular weight excluding hydrogens is 462 g/mol. The van der Waals surface area contributed by atoms with E-state index < -0.39 is 54.2 Å². The smallest absolute Gasteiger partial charge is 0.329 e. The van der Waals surface area contributed by atoms with Crippen molar-refractivity contribution in [2.45, 2.75) is 56.4 Å². The second-order valence-electron chi connectivity index (χ2n) is 7.75. The lowest BCUT2D eigenvalue weighted by Crippen LogP contribution is -2.42. The van der Waals surface area contributed by atoms with E-state index in [4.69, 9.17) is 0 Å². The summed E-state index contributed by atoms with van der Waals surface area (Å²) in [5, 5.41) is 4.91. The predicted octanol–water partition coefficient (Wildman–Crippen LogP) is 5.74. The Morgan fingerprint density at radius 1 is 0.970 bits per heavy atom. The summed E-state index contributed by atoms with van der Waals surface area (Å²) in [6.07, 6.45) is -8.39. The number of nitrogens with zero attached hydrogens (tertiary/aromatic N) is 1. The number of hydrogen-bond acceptors (Lipinski definition) is 2. The number of aliphatic imine (C=N–C) groups is 1. The number of rotatable bonds is 3. The van der Waals surface area contributed by atoms with Crippen LogP contribution >= 0.6 is 0 Å². The summed E-state index contributed by atoms with van der Waals surface area (Å²) >= 11 is 0. The zero-order valence-corrected chi connectivity index (χ0v) is 17.0. The molecule has 0 radical (unpaired) electrons. The van der Waals surface area contributed by atoms with Gasteiger partial charge in [-0.1, -0.05) is 6.08 Å². The maximum Gasteiger partial charge on any atom is 0.416 e. The van der Waals surface area contributed by atoms with Gasteiger partial charge in [-0.15, -0.1) is 0 Å². The first-order valence-electron chi connectivity index (χ1n) is 9.92. The molecule has 2 N–H and O–H groups in total. The van der Waals surface area contributed by atoms with Crippen LogP contribution in [0.25, 0.3) is 0 Å². The maximum absolute atomic E-state index is 13.4. The van der Waals surface area contributed by atoms with Gasteiger partial charge < -0.3 is 5.32 Å². The zero-order chi connectivity index (χ0) is 24.4. The molecule has 0 saturated heterocycles. The van der Waals surface area contributed by atoms with Gasteiger partial charge in [-0.3, -0.25) is 10.1 Å². The second-order valence-corrected chi connectivity index (χ2v) is 7.75. The van der Waals surface area contributed by atoms with Crippen LogP contribution in [-0.4, -0.2) is 30.0 Å². The summed E-state index contributed by atoms with van der Waals surface area (Å²) in [6, 6.07) is 2.68. The van der Waals surface area contributed by atoms with E-state index in [1.165, 1.54) is 0 Å². The van der Waals surface area contributed by atoms with Crippen LogP contribution in [-0.2, 0) is 6.18 Å². The molecule has 1 fully saturated rings. The monoisotopic (exact) mass is 481 g/mol. The first kappa shape index (κ1) is 24.7. The number of halogens is 8. The van der Waals surface area contributed by atoms with Gasteiger partial charge in [0.25, 0.3) is 5.91 Å². The zero-order valence-electron chi connectivity index (χ0n) is 17.0. The van der Waals surface area contributed by atoms with Gasteiger partial charge in [-0.05, 0) is 43.2 Å². The van der Waals surface area contributed by atoms with Crippen molar-refractivity contribution < 1.29 is 39.9 Å². The minimum absolute atomic E-state index is 0.000567. The maximum atomic E-state index is 13.4. The standard InChI is InChI=1S/C21H19F8N3O/c22-19(23)9-7-15(8-10-19)30-18(31-16-6-5-14(11-16)21(27,28)29)32-17(33)12-1-3-13(4-2-12)20(24,25)26/h1-5,11,15H,6-10H2,(H2,30,31,32,33). The molecule has 2 aliphatic carbocycles. The molecule has 1 saturated carbocycles. The number of guanidine groups is 1. The molecule has 33 heavy (non-hydrogen) atoms. The Bertz CT molecular complexity index is 965. The van der Waals surface area contributed by atoms with Gasteiger partial charge in [0.1, 0.15) is 0 Å². The number of benzene rings is 1. The number of carbonyl (C=O) groups is 1. The molecule has 12 heteroatoms. The molecule has 0 heterocycles.